The number of rotatable bonds is 6. The SMILES string of the molecule is O=C1OCCN1c1ccc(OCc2nc(CC3CC3)no2)cc1. The van der Waals surface area contributed by atoms with Crippen LogP contribution in [-0.4, -0.2) is 29.4 Å². The second kappa shape index (κ2) is 5.91. The van der Waals surface area contributed by atoms with Crippen molar-refractivity contribution in [1.29, 1.82) is 0 Å². The second-order valence-corrected chi connectivity index (χ2v) is 5.80. The van der Waals surface area contributed by atoms with Crippen LogP contribution in [0.4, 0.5) is 10.5 Å². The van der Waals surface area contributed by atoms with Crippen molar-refractivity contribution in [3.8, 4) is 5.75 Å². The van der Waals surface area contributed by atoms with Gasteiger partial charge in [0.25, 0.3) is 5.89 Å². The van der Waals surface area contributed by atoms with Crippen LogP contribution in [0, 0.1) is 5.92 Å². The lowest BCUT2D eigenvalue weighted by atomic mass is 10.3. The maximum atomic E-state index is 11.5. The summed E-state index contributed by atoms with van der Waals surface area (Å²) in [5, 5.41) is 3.96. The molecule has 2 aliphatic rings. The molecule has 1 saturated heterocycles. The predicted octanol–water partition coefficient (Wildman–Crippen LogP) is 2.56. The molecule has 0 spiro atoms. The van der Waals surface area contributed by atoms with Crippen molar-refractivity contribution < 1.29 is 18.8 Å². The lowest BCUT2D eigenvalue weighted by molar-refractivity contribution is 0.181. The monoisotopic (exact) mass is 315 g/mol. The molecule has 120 valence electrons. The van der Waals surface area contributed by atoms with Crippen LogP contribution < -0.4 is 9.64 Å². The molecule has 1 aliphatic heterocycles. The molecule has 2 aromatic rings. The number of ether oxygens (including phenoxy) is 2. The number of benzene rings is 1. The van der Waals surface area contributed by atoms with Crippen LogP contribution in [0.2, 0.25) is 0 Å². The summed E-state index contributed by atoms with van der Waals surface area (Å²) in [5.41, 5.74) is 0.796. The average Bonchev–Trinajstić information content (AvgIpc) is 3.09. The van der Waals surface area contributed by atoms with Gasteiger partial charge in [0, 0.05) is 12.1 Å². The lowest BCUT2D eigenvalue weighted by Gasteiger charge is -2.13. The zero-order valence-corrected chi connectivity index (χ0v) is 12.6. The fraction of sp³-hybridized carbons (Fsp3) is 0.438. The van der Waals surface area contributed by atoms with Gasteiger partial charge in [-0.3, -0.25) is 4.90 Å². The van der Waals surface area contributed by atoms with Crippen LogP contribution in [0.15, 0.2) is 28.8 Å². The molecule has 7 nitrogen and oxygen atoms in total. The summed E-state index contributed by atoms with van der Waals surface area (Å²) in [6.07, 6.45) is 3.10. The van der Waals surface area contributed by atoms with E-state index in [1.165, 1.54) is 12.8 Å². The van der Waals surface area contributed by atoms with Crippen molar-refractivity contribution in [3.05, 3.63) is 36.0 Å². The Bertz CT molecular complexity index is 694. The molecule has 1 aromatic carbocycles. The second-order valence-electron chi connectivity index (χ2n) is 5.80. The van der Waals surface area contributed by atoms with Crippen molar-refractivity contribution in [2.45, 2.75) is 25.9 Å². The Balaban J connectivity index is 1.33. The van der Waals surface area contributed by atoms with E-state index in [9.17, 15) is 4.79 Å². The van der Waals surface area contributed by atoms with Gasteiger partial charge in [0.15, 0.2) is 12.4 Å². The highest BCUT2D eigenvalue weighted by molar-refractivity contribution is 5.89. The molecule has 2 fully saturated rings. The highest BCUT2D eigenvalue weighted by atomic mass is 16.6. The third kappa shape index (κ3) is 3.28. The zero-order chi connectivity index (χ0) is 15.6. The maximum absolute atomic E-state index is 11.5. The van der Waals surface area contributed by atoms with E-state index in [1.54, 1.807) is 4.90 Å². The number of cyclic esters (lactones) is 1. The minimum Gasteiger partial charge on any atom is -0.484 e. The molecular formula is C16H17N3O4. The number of amides is 1. The molecule has 7 heteroatoms. The molecule has 1 aromatic heterocycles. The third-order valence-corrected chi connectivity index (χ3v) is 3.95. The van der Waals surface area contributed by atoms with Gasteiger partial charge in [-0.25, -0.2) is 4.79 Å². The quantitative estimate of drug-likeness (QED) is 0.815. The summed E-state index contributed by atoms with van der Waals surface area (Å²) in [6, 6.07) is 7.27. The Kier molecular flexibility index (Phi) is 3.61. The van der Waals surface area contributed by atoms with E-state index in [4.69, 9.17) is 14.0 Å². The standard InChI is InChI=1S/C16H17N3O4/c20-16-19(7-8-21-16)12-3-5-13(6-4-12)22-10-15-17-14(18-23-15)9-11-1-2-11/h3-6,11H,1-2,7-10H2. The van der Waals surface area contributed by atoms with Crippen molar-refractivity contribution in [2.75, 3.05) is 18.1 Å². The van der Waals surface area contributed by atoms with Gasteiger partial charge in [-0.05, 0) is 43.0 Å². The highest BCUT2D eigenvalue weighted by Crippen LogP contribution is 2.31. The molecular weight excluding hydrogens is 298 g/mol. The van der Waals surface area contributed by atoms with Gasteiger partial charge in [0.1, 0.15) is 12.4 Å². The topological polar surface area (TPSA) is 77.7 Å². The van der Waals surface area contributed by atoms with E-state index in [0.29, 0.717) is 24.8 Å². The van der Waals surface area contributed by atoms with E-state index in [1.807, 2.05) is 24.3 Å². The molecule has 0 N–H and O–H groups in total. The Labute approximate surface area is 133 Å². The summed E-state index contributed by atoms with van der Waals surface area (Å²) < 4.78 is 15.7. The van der Waals surface area contributed by atoms with Crippen molar-refractivity contribution in [3.63, 3.8) is 0 Å². The Morgan fingerprint density at radius 1 is 1.26 bits per heavy atom. The van der Waals surface area contributed by atoms with E-state index in [2.05, 4.69) is 10.1 Å². The largest absolute Gasteiger partial charge is 0.484 e. The molecule has 2 heterocycles. The smallest absolute Gasteiger partial charge is 0.414 e. The van der Waals surface area contributed by atoms with Crippen LogP contribution in [0.1, 0.15) is 24.6 Å². The Morgan fingerprint density at radius 2 is 2.09 bits per heavy atom. The van der Waals surface area contributed by atoms with E-state index < -0.39 is 0 Å². The van der Waals surface area contributed by atoms with Crippen LogP contribution in [0.3, 0.4) is 0 Å². The van der Waals surface area contributed by atoms with Crippen LogP contribution in [-0.2, 0) is 17.8 Å². The number of anilines is 1. The summed E-state index contributed by atoms with van der Waals surface area (Å²) in [5.74, 6) is 2.65. The van der Waals surface area contributed by atoms with E-state index in [-0.39, 0.29) is 12.7 Å². The normalized spacial score (nSPS) is 17.4. The molecule has 23 heavy (non-hydrogen) atoms. The van der Waals surface area contributed by atoms with Crippen LogP contribution in [0.25, 0.3) is 0 Å². The first-order valence-corrected chi connectivity index (χ1v) is 7.76. The summed E-state index contributed by atoms with van der Waals surface area (Å²) >= 11 is 0. The van der Waals surface area contributed by atoms with E-state index >= 15 is 0 Å². The van der Waals surface area contributed by atoms with Gasteiger partial charge >= 0.3 is 6.09 Å². The molecule has 1 saturated carbocycles. The number of carbonyl (C=O) groups is 1. The molecule has 4 rings (SSSR count). The molecule has 1 amide bonds. The zero-order valence-electron chi connectivity index (χ0n) is 12.6. The van der Waals surface area contributed by atoms with Crippen LogP contribution in [0.5, 0.6) is 5.75 Å². The first-order valence-electron chi connectivity index (χ1n) is 7.76. The van der Waals surface area contributed by atoms with Gasteiger partial charge in [-0.1, -0.05) is 5.16 Å². The maximum Gasteiger partial charge on any atom is 0.414 e. The fourth-order valence-corrected chi connectivity index (χ4v) is 2.51. The number of nitrogens with zero attached hydrogens (tertiary/aromatic N) is 3. The third-order valence-electron chi connectivity index (χ3n) is 3.95. The molecule has 0 radical (unpaired) electrons. The van der Waals surface area contributed by atoms with Gasteiger partial charge < -0.3 is 14.0 Å². The predicted molar refractivity (Wildman–Crippen MR) is 80.2 cm³/mol. The van der Waals surface area contributed by atoms with Gasteiger partial charge in [-0.15, -0.1) is 0 Å². The summed E-state index contributed by atoms with van der Waals surface area (Å²) in [6.45, 7) is 1.24. The fourth-order valence-electron chi connectivity index (χ4n) is 2.51. The highest BCUT2D eigenvalue weighted by Gasteiger charge is 2.24. The number of hydrogen-bond acceptors (Lipinski definition) is 6. The molecule has 1 aliphatic carbocycles. The van der Waals surface area contributed by atoms with Gasteiger partial charge in [0.05, 0.1) is 6.54 Å². The Hall–Kier alpha value is -2.57. The summed E-state index contributed by atoms with van der Waals surface area (Å²) in [7, 11) is 0. The first-order chi connectivity index (χ1) is 11.3. The Morgan fingerprint density at radius 3 is 2.78 bits per heavy atom. The van der Waals surface area contributed by atoms with E-state index in [0.717, 1.165) is 23.9 Å². The average molecular weight is 315 g/mol. The number of carbonyl (C=O) groups excluding carboxylic acids is 1. The lowest BCUT2D eigenvalue weighted by Crippen LogP contribution is -2.23. The first kappa shape index (κ1) is 14.0. The van der Waals surface area contributed by atoms with Crippen molar-refractivity contribution in [1.82, 2.24) is 10.1 Å². The van der Waals surface area contributed by atoms with Crippen LogP contribution >= 0.6 is 0 Å². The molecule has 0 bridgehead atoms. The van der Waals surface area contributed by atoms with Crippen molar-refractivity contribution in [2.24, 2.45) is 5.92 Å². The molecule has 0 atom stereocenters. The number of aromatic nitrogens is 2. The van der Waals surface area contributed by atoms with Gasteiger partial charge in [0.2, 0.25) is 0 Å². The summed E-state index contributed by atoms with van der Waals surface area (Å²) in [4.78, 5) is 17.4. The minimum absolute atomic E-state index is 0.239. The van der Waals surface area contributed by atoms with Crippen molar-refractivity contribution >= 4 is 11.8 Å². The van der Waals surface area contributed by atoms with Gasteiger partial charge in [-0.2, -0.15) is 4.98 Å². The minimum atomic E-state index is -0.312. The molecule has 0 unspecified atom stereocenters. The number of hydrogen-bond donors (Lipinski definition) is 0.